The first-order valence-corrected chi connectivity index (χ1v) is 11.4. The van der Waals surface area contributed by atoms with Crippen LogP contribution in [0.1, 0.15) is 99.0 Å². The fraction of sp³-hybridized carbons (Fsp3) is 0.464. The van der Waals surface area contributed by atoms with Crippen LogP contribution >= 0.6 is 0 Å². The second kappa shape index (κ2) is 9.40. The summed E-state index contributed by atoms with van der Waals surface area (Å²) in [6, 6.07) is 13.8. The molecule has 2 aromatic carbocycles. The first-order valence-electron chi connectivity index (χ1n) is 11.4. The fourth-order valence-corrected chi connectivity index (χ4v) is 4.34. The summed E-state index contributed by atoms with van der Waals surface area (Å²) in [5.41, 5.74) is 5.69. The minimum absolute atomic E-state index is 0.128. The molecule has 2 aromatic rings. The van der Waals surface area contributed by atoms with Crippen LogP contribution < -0.4 is 0 Å². The van der Waals surface area contributed by atoms with Gasteiger partial charge in [0.25, 0.3) is 0 Å². The number of benzene rings is 2. The lowest BCUT2D eigenvalue weighted by Crippen LogP contribution is -2.34. The van der Waals surface area contributed by atoms with Crippen molar-refractivity contribution in [2.24, 2.45) is 0 Å². The number of fused-ring (bicyclic) bond motifs is 1. The predicted molar refractivity (Wildman–Crippen MR) is 128 cm³/mol. The van der Waals surface area contributed by atoms with Crippen molar-refractivity contribution < 1.29 is 14.6 Å². The molecule has 1 atom stereocenters. The number of hydrogen-bond donors (Lipinski definition) is 1. The van der Waals surface area contributed by atoms with Gasteiger partial charge in [0.2, 0.25) is 0 Å². The maximum Gasteiger partial charge on any atom is 0.335 e. The number of hydrogen-bond acceptors (Lipinski definition) is 2. The van der Waals surface area contributed by atoms with Gasteiger partial charge in [-0.3, -0.25) is 0 Å². The number of ether oxygens (including phenoxy) is 1. The summed E-state index contributed by atoms with van der Waals surface area (Å²) in [5.74, 6) is -0.907. The number of carbonyl (C=O) groups is 1. The Kier molecular flexibility index (Phi) is 7.06. The number of unbranched alkanes of at least 4 members (excludes halogenated alkanes) is 1. The van der Waals surface area contributed by atoms with Gasteiger partial charge in [0.15, 0.2) is 0 Å². The summed E-state index contributed by atoms with van der Waals surface area (Å²) in [6.45, 7) is 12.3. The third-order valence-corrected chi connectivity index (χ3v) is 6.62. The highest BCUT2D eigenvalue weighted by Gasteiger charge is 2.37. The summed E-state index contributed by atoms with van der Waals surface area (Å²) in [5, 5.41) is 9.10. The zero-order valence-electron chi connectivity index (χ0n) is 19.6. The molecule has 0 saturated carbocycles. The summed E-state index contributed by atoms with van der Waals surface area (Å²) >= 11 is 0. The van der Waals surface area contributed by atoms with Gasteiger partial charge in [0.05, 0.1) is 5.56 Å². The molecule has 0 fully saturated rings. The second-order valence-corrected chi connectivity index (χ2v) is 10.0. The second-order valence-electron chi connectivity index (χ2n) is 10.0. The molecule has 31 heavy (non-hydrogen) atoms. The standard InChI is InChI=1S/C28H36O3/c1-6-7-18-31-25(15-10-20-8-11-21(12-9-20)26(29)30)22-13-14-23-24(19-22)28(4,5)17-16-27(23,2)3/h8-15,19,25H,6-7,16-18H2,1-5H3,(H,29,30)/b15-10+. The van der Waals surface area contributed by atoms with E-state index >= 15 is 0 Å². The topological polar surface area (TPSA) is 46.5 Å². The number of rotatable bonds is 8. The van der Waals surface area contributed by atoms with Crippen molar-refractivity contribution in [3.63, 3.8) is 0 Å². The van der Waals surface area contributed by atoms with Crippen LogP contribution in [-0.4, -0.2) is 17.7 Å². The van der Waals surface area contributed by atoms with E-state index < -0.39 is 5.97 Å². The van der Waals surface area contributed by atoms with Crippen LogP contribution in [0.3, 0.4) is 0 Å². The van der Waals surface area contributed by atoms with E-state index in [0.29, 0.717) is 5.56 Å². The normalized spacial score (nSPS) is 18.0. The van der Waals surface area contributed by atoms with Crippen molar-refractivity contribution in [3.05, 3.63) is 76.4 Å². The smallest absolute Gasteiger partial charge is 0.335 e. The van der Waals surface area contributed by atoms with Crippen LogP contribution in [-0.2, 0) is 15.6 Å². The highest BCUT2D eigenvalue weighted by molar-refractivity contribution is 5.87. The van der Waals surface area contributed by atoms with E-state index in [0.717, 1.165) is 25.0 Å². The van der Waals surface area contributed by atoms with E-state index in [1.165, 1.54) is 29.5 Å². The molecule has 3 nitrogen and oxygen atoms in total. The predicted octanol–water partition coefficient (Wildman–Crippen LogP) is 7.31. The Morgan fingerprint density at radius 1 is 1.03 bits per heavy atom. The lowest BCUT2D eigenvalue weighted by atomic mass is 9.63. The maximum absolute atomic E-state index is 11.1. The minimum atomic E-state index is -0.907. The van der Waals surface area contributed by atoms with Crippen molar-refractivity contribution in [2.75, 3.05) is 6.61 Å². The van der Waals surface area contributed by atoms with Crippen molar-refractivity contribution in [2.45, 2.75) is 77.2 Å². The highest BCUT2D eigenvalue weighted by atomic mass is 16.5. The lowest BCUT2D eigenvalue weighted by Gasteiger charge is -2.42. The van der Waals surface area contributed by atoms with Gasteiger partial charge in [0, 0.05) is 6.61 Å². The molecule has 0 heterocycles. The van der Waals surface area contributed by atoms with Gasteiger partial charge < -0.3 is 9.84 Å². The number of aromatic carboxylic acids is 1. The van der Waals surface area contributed by atoms with Crippen LogP contribution in [0, 0.1) is 0 Å². The van der Waals surface area contributed by atoms with E-state index in [-0.39, 0.29) is 16.9 Å². The molecule has 0 aliphatic heterocycles. The quantitative estimate of drug-likeness (QED) is 0.456. The SMILES string of the molecule is CCCCOC(/C=C/c1ccc(C(=O)O)cc1)c1ccc2c(c1)C(C)(C)CCC2(C)C. The van der Waals surface area contributed by atoms with Crippen LogP contribution in [0.4, 0.5) is 0 Å². The molecule has 1 aliphatic rings. The Morgan fingerprint density at radius 3 is 2.29 bits per heavy atom. The first kappa shape index (κ1) is 23.3. The molecule has 1 unspecified atom stereocenters. The first-order chi connectivity index (χ1) is 14.6. The Bertz CT molecular complexity index is 935. The van der Waals surface area contributed by atoms with E-state index in [2.05, 4.69) is 58.9 Å². The Labute approximate surface area is 187 Å². The van der Waals surface area contributed by atoms with Gasteiger partial charge in [-0.1, -0.05) is 83.5 Å². The molecule has 3 rings (SSSR count). The molecule has 166 valence electrons. The monoisotopic (exact) mass is 420 g/mol. The molecule has 0 aromatic heterocycles. The Hall–Kier alpha value is -2.39. The largest absolute Gasteiger partial charge is 0.478 e. The Balaban J connectivity index is 1.92. The maximum atomic E-state index is 11.1. The van der Waals surface area contributed by atoms with Crippen LogP contribution in [0.25, 0.3) is 6.08 Å². The van der Waals surface area contributed by atoms with Gasteiger partial charge in [-0.05, 0) is 64.5 Å². The molecule has 1 aliphatic carbocycles. The average Bonchev–Trinajstić information content (AvgIpc) is 2.74. The van der Waals surface area contributed by atoms with Gasteiger partial charge in [-0.2, -0.15) is 0 Å². The molecule has 1 N–H and O–H groups in total. The molecule has 0 radical (unpaired) electrons. The van der Waals surface area contributed by atoms with Crippen LogP contribution in [0.5, 0.6) is 0 Å². The van der Waals surface area contributed by atoms with Crippen LogP contribution in [0.2, 0.25) is 0 Å². The number of carboxylic acids is 1. The minimum Gasteiger partial charge on any atom is -0.478 e. The van der Waals surface area contributed by atoms with E-state index in [9.17, 15) is 4.79 Å². The van der Waals surface area contributed by atoms with Gasteiger partial charge >= 0.3 is 5.97 Å². The third-order valence-electron chi connectivity index (χ3n) is 6.62. The molecular formula is C28H36O3. The lowest BCUT2D eigenvalue weighted by molar-refractivity contribution is 0.0697. The summed E-state index contributed by atoms with van der Waals surface area (Å²) in [6.07, 6.45) is 8.50. The number of carboxylic acid groups (broad SMARTS) is 1. The molecule has 0 saturated heterocycles. The fourth-order valence-electron chi connectivity index (χ4n) is 4.34. The summed E-state index contributed by atoms with van der Waals surface area (Å²) in [4.78, 5) is 11.1. The molecule has 0 amide bonds. The van der Waals surface area contributed by atoms with Crippen molar-refractivity contribution in [3.8, 4) is 0 Å². The summed E-state index contributed by atoms with van der Waals surface area (Å²) < 4.78 is 6.28. The highest BCUT2D eigenvalue weighted by Crippen LogP contribution is 2.46. The van der Waals surface area contributed by atoms with Crippen molar-refractivity contribution in [1.29, 1.82) is 0 Å². The van der Waals surface area contributed by atoms with E-state index in [1.807, 2.05) is 18.2 Å². The molecular weight excluding hydrogens is 384 g/mol. The van der Waals surface area contributed by atoms with Crippen molar-refractivity contribution >= 4 is 12.0 Å². The van der Waals surface area contributed by atoms with E-state index in [1.54, 1.807) is 12.1 Å². The van der Waals surface area contributed by atoms with Gasteiger partial charge in [0.1, 0.15) is 6.10 Å². The summed E-state index contributed by atoms with van der Waals surface area (Å²) in [7, 11) is 0. The zero-order chi connectivity index (χ0) is 22.6. The average molecular weight is 421 g/mol. The Morgan fingerprint density at radius 2 is 1.68 bits per heavy atom. The van der Waals surface area contributed by atoms with Gasteiger partial charge in [-0.25, -0.2) is 4.79 Å². The molecule has 0 bridgehead atoms. The zero-order valence-corrected chi connectivity index (χ0v) is 19.6. The van der Waals surface area contributed by atoms with Gasteiger partial charge in [-0.15, -0.1) is 0 Å². The van der Waals surface area contributed by atoms with E-state index in [4.69, 9.17) is 9.84 Å². The molecule has 3 heteroatoms. The van der Waals surface area contributed by atoms with Crippen molar-refractivity contribution in [1.82, 2.24) is 0 Å². The molecule has 0 spiro atoms. The van der Waals surface area contributed by atoms with Crippen LogP contribution in [0.15, 0.2) is 48.5 Å². The third kappa shape index (κ3) is 5.46.